The summed E-state index contributed by atoms with van der Waals surface area (Å²) in [7, 11) is 0. The first-order chi connectivity index (χ1) is 5.25. The maximum Gasteiger partial charge on any atom is 0.124 e. The lowest BCUT2D eigenvalue weighted by atomic mass is 10.1. The number of benzene rings is 1. The lowest BCUT2D eigenvalue weighted by Crippen LogP contribution is -2.05. The molecule has 0 radical (unpaired) electrons. The van der Waals surface area contributed by atoms with E-state index in [0.29, 0.717) is 6.10 Å². The van der Waals surface area contributed by atoms with Crippen molar-refractivity contribution in [2.24, 2.45) is 0 Å². The Labute approximate surface area is 74.5 Å². The van der Waals surface area contributed by atoms with Gasteiger partial charge in [-0.25, -0.2) is 0 Å². The number of hydrogen-bond acceptors (Lipinski definition) is 1. The predicted molar refractivity (Wildman–Crippen MR) is 47.9 cm³/mol. The number of rotatable bonds is 0. The van der Waals surface area contributed by atoms with Crippen LogP contribution in [0.15, 0.2) is 22.7 Å². The third kappa shape index (κ3) is 1.27. The van der Waals surface area contributed by atoms with Crippen LogP contribution in [0.25, 0.3) is 0 Å². The van der Waals surface area contributed by atoms with Gasteiger partial charge in [-0.2, -0.15) is 0 Å². The Kier molecular flexibility index (Phi) is 1.64. The zero-order chi connectivity index (χ0) is 7.84. The van der Waals surface area contributed by atoms with E-state index in [2.05, 4.69) is 35.0 Å². The molecule has 0 fully saturated rings. The topological polar surface area (TPSA) is 9.23 Å². The molecule has 0 saturated carbocycles. The molecule has 0 spiro atoms. The van der Waals surface area contributed by atoms with Crippen molar-refractivity contribution in [1.82, 2.24) is 0 Å². The molecule has 1 aromatic rings. The summed E-state index contributed by atoms with van der Waals surface area (Å²) in [6.45, 7) is 2.09. The molecule has 1 unspecified atom stereocenters. The molecule has 0 amide bonds. The minimum Gasteiger partial charge on any atom is -0.490 e. The fourth-order valence-electron chi connectivity index (χ4n) is 1.37. The minimum atomic E-state index is 0.347. The molecule has 11 heavy (non-hydrogen) atoms. The molecule has 0 aromatic heterocycles. The highest BCUT2D eigenvalue weighted by Crippen LogP contribution is 2.30. The van der Waals surface area contributed by atoms with Crippen molar-refractivity contribution in [2.75, 3.05) is 0 Å². The van der Waals surface area contributed by atoms with E-state index in [4.69, 9.17) is 4.74 Å². The van der Waals surface area contributed by atoms with Gasteiger partial charge in [-0.1, -0.05) is 22.0 Å². The molecule has 1 heterocycles. The van der Waals surface area contributed by atoms with E-state index in [0.717, 1.165) is 16.6 Å². The normalized spacial score (nSPS) is 21.1. The van der Waals surface area contributed by atoms with Crippen LogP contribution >= 0.6 is 15.9 Å². The van der Waals surface area contributed by atoms with Crippen LogP contribution in [0.5, 0.6) is 5.75 Å². The first-order valence-corrected chi connectivity index (χ1v) is 4.50. The second-order valence-electron chi connectivity index (χ2n) is 2.88. The zero-order valence-corrected chi connectivity index (χ0v) is 7.89. The lowest BCUT2D eigenvalue weighted by Gasteiger charge is -2.01. The van der Waals surface area contributed by atoms with Crippen LogP contribution in [0.1, 0.15) is 12.5 Å². The smallest absolute Gasteiger partial charge is 0.124 e. The van der Waals surface area contributed by atoms with Crippen LogP contribution in [0.4, 0.5) is 0 Å². The van der Waals surface area contributed by atoms with E-state index in [1.54, 1.807) is 0 Å². The highest BCUT2D eigenvalue weighted by atomic mass is 79.9. The standard InChI is InChI=1S/C9H9BrO/c1-6-4-7-2-3-8(10)5-9(7)11-6/h2-3,5-6H,4H2,1H3. The van der Waals surface area contributed by atoms with E-state index < -0.39 is 0 Å². The Hall–Kier alpha value is -0.500. The van der Waals surface area contributed by atoms with Gasteiger partial charge in [0.25, 0.3) is 0 Å². The van der Waals surface area contributed by atoms with Gasteiger partial charge in [0.1, 0.15) is 11.9 Å². The molecule has 1 nitrogen and oxygen atoms in total. The summed E-state index contributed by atoms with van der Waals surface area (Å²) >= 11 is 3.40. The molecule has 0 bridgehead atoms. The second-order valence-corrected chi connectivity index (χ2v) is 3.80. The zero-order valence-electron chi connectivity index (χ0n) is 6.30. The summed E-state index contributed by atoms with van der Waals surface area (Å²) in [6, 6.07) is 6.20. The fourth-order valence-corrected chi connectivity index (χ4v) is 1.71. The Morgan fingerprint density at radius 3 is 3.18 bits per heavy atom. The molecular weight excluding hydrogens is 204 g/mol. The maximum atomic E-state index is 5.56. The van der Waals surface area contributed by atoms with Crippen molar-refractivity contribution < 1.29 is 4.74 Å². The van der Waals surface area contributed by atoms with Crippen molar-refractivity contribution in [3.8, 4) is 5.75 Å². The van der Waals surface area contributed by atoms with Crippen molar-refractivity contribution in [2.45, 2.75) is 19.4 Å². The van der Waals surface area contributed by atoms with Crippen LogP contribution < -0.4 is 4.74 Å². The summed E-state index contributed by atoms with van der Waals surface area (Å²) in [5.41, 5.74) is 1.32. The highest BCUT2D eigenvalue weighted by Gasteiger charge is 2.18. The van der Waals surface area contributed by atoms with Gasteiger partial charge in [0.05, 0.1) is 0 Å². The van der Waals surface area contributed by atoms with Crippen LogP contribution in [0, 0.1) is 0 Å². The lowest BCUT2D eigenvalue weighted by molar-refractivity contribution is 0.254. The van der Waals surface area contributed by atoms with Gasteiger partial charge >= 0.3 is 0 Å². The monoisotopic (exact) mass is 212 g/mol. The van der Waals surface area contributed by atoms with Gasteiger partial charge in [-0.05, 0) is 24.6 Å². The fraction of sp³-hybridized carbons (Fsp3) is 0.333. The first-order valence-electron chi connectivity index (χ1n) is 3.71. The number of ether oxygens (including phenoxy) is 1. The predicted octanol–water partition coefficient (Wildman–Crippen LogP) is 2.77. The van der Waals surface area contributed by atoms with Crippen LogP contribution in [-0.4, -0.2) is 6.10 Å². The molecule has 1 aromatic carbocycles. The van der Waals surface area contributed by atoms with E-state index in [1.807, 2.05) is 6.07 Å². The van der Waals surface area contributed by atoms with Crippen molar-refractivity contribution in [3.63, 3.8) is 0 Å². The summed E-state index contributed by atoms with van der Waals surface area (Å²) in [6.07, 6.45) is 1.39. The summed E-state index contributed by atoms with van der Waals surface area (Å²) < 4.78 is 6.65. The largest absolute Gasteiger partial charge is 0.490 e. The molecule has 1 atom stereocenters. The Balaban J connectivity index is 2.43. The Morgan fingerprint density at radius 1 is 1.55 bits per heavy atom. The molecule has 0 saturated heterocycles. The number of halogens is 1. The molecule has 1 aliphatic rings. The van der Waals surface area contributed by atoms with E-state index in [1.165, 1.54) is 5.56 Å². The van der Waals surface area contributed by atoms with Crippen LogP contribution in [0.2, 0.25) is 0 Å². The number of hydrogen-bond donors (Lipinski definition) is 0. The summed E-state index contributed by atoms with van der Waals surface area (Å²) in [4.78, 5) is 0. The van der Waals surface area contributed by atoms with Gasteiger partial charge in [0.15, 0.2) is 0 Å². The van der Waals surface area contributed by atoms with Crippen molar-refractivity contribution >= 4 is 15.9 Å². The van der Waals surface area contributed by atoms with Gasteiger partial charge in [0.2, 0.25) is 0 Å². The molecule has 1 aliphatic heterocycles. The van der Waals surface area contributed by atoms with Gasteiger partial charge in [0, 0.05) is 10.9 Å². The van der Waals surface area contributed by atoms with Gasteiger partial charge < -0.3 is 4.74 Å². The van der Waals surface area contributed by atoms with Crippen molar-refractivity contribution in [1.29, 1.82) is 0 Å². The van der Waals surface area contributed by atoms with Crippen LogP contribution in [-0.2, 0) is 6.42 Å². The number of fused-ring (bicyclic) bond motifs is 1. The quantitative estimate of drug-likeness (QED) is 0.643. The molecule has 0 aliphatic carbocycles. The molecule has 0 N–H and O–H groups in total. The van der Waals surface area contributed by atoms with Crippen molar-refractivity contribution in [3.05, 3.63) is 28.2 Å². The third-order valence-corrected chi connectivity index (χ3v) is 2.36. The van der Waals surface area contributed by atoms with E-state index in [9.17, 15) is 0 Å². The third-order valence-electron chi connectivity index (χ3n) is 1.86. The Bertz CT molecular complexity index is 283. The first kappa shape index (κ1) is 7.17. The van der Waals surface area contributed by atoms with Gasteiger partial charge in [-0.15, -0.1) is 0 Å². The van der Waals surface area contributed by atoms with Crippen LogP contribution in [0.3, 0.4) is 0 Å². The average Bonchev–Trinajstić information content (AvgIpc) is 2.27. The molecule has 58 valence electrons. The average molecular weight is 213 g/mol. The molecule has 2 rings (SSSR count). The highest BCUT2D eigenvalue weighted by molar-refractivity contribution is 9.10. The summed E-state index contributed by atoms with van der Waals surface area (Å²) in [5.74, 6) is 1.03. The van der Waals surface area contributed by atoms with E-state index in [-0.39, 0.29) is 0 Å². The molecular formula is C9H9BrO. The van der Waals surface area contributed by atoms with Gasteiger partial charge in [-0.3, -0.25) is 0 Å². The minimum absolute atomic E-state index is 0.347. The second kappa shape index (κ2) is 2.52. The maximum absolute atomic E-state index is 5.56. The Morgan fingerprint density at radius 2 is 2.36 bits per heavy atom. The SMILES string of the molecule is CC1Cc2ccc(Br)cc2O1. The van der Waals surface area contributed by atoms with E-state index >= 15 is 0 Å². The molecule has 2 heteroatoms. The summed E-state index contributed by atoms with van der Waals surface area (Å²) in [5, 5.41) is 0.